The summed E-state index contributed by atoms with van der Waals surface area (Å²) in [4.78, 5) is 31.8. The molecule has 0 saturated heterocycles. The number of aliphatic hydroxyl groups is 3. The third-order valence-electron chi connectivity index (χ3n) is 1.83. The topological polar surface area (TPSA) is 151 Å². The quantitative estimate of drug-likeness (QED) is 0.318. The first-order valence-corrected chi connectivity index (χ1v) is 4.26. The summed E-state index contributed by atoms with van der Waals surface area (Å²) in [5.41, 5.74) is 0. The summed E-state index contributed by atoms with van der Waals surface area (Å²) in [6.45, 7) is -0.848. The Morgan fingerprint density at radius 2 is 2.06 bits per heavy atom. The van der Waals surface area contributed by atoms with Gasteiger partial charge in [-0.2, -0.15) is 0 Å². The minimum atomic E-state index is -1.96. The number of carboxylic acid groups (broad SMARTS) is 1. The largest absolute Gasteiger partial charge is 0.499 e. The molecule has 2 atom stereocenters. The van der Waals surface area contributed by atoms with E-state index in [1.54, 1.807) is 0 Å². The number of carboxylic acids is 1. The molecule has 4 N–H and O–H groups in total. The van der Waals surface area contributed by atoms with E-state index in [4.69, 9.17) is 15.3 Å². The zero-order valence-corrected chi connectivity index (χ0v) is 8.19. The van der Waals surface area contributed by atoms with Gasteiger partial charge >= 0.3 is 17.9 Å². The van der Waals surface area contributed by atoms with Gasteiger partial charge < -0.3 is 29.9 Å². The third kappa shape index (κ3) is 2.52. The molecule has 1 aliphatic rings. The summed E-state index contributed by atoms with van der Waals surface area (Å²) in [7, 11) is 0. The molecule has 1 aliphatic heterocycles. The monoisotopic (exact) mass is 248 g/mol. The molecule has 9 heteroatoms. The Morgan fingerprint density at radius 1 is 1.47 bits per heavy atom. The Kier molecular flexibility index (Phi) is 3.66. The number of cyclic esters (lactones) is 1. The second-order valence-electron chi connectivity index (χ2n) is 2.98. The van der Waals surface area contributed by atoms with Crippen LogP contribution < -0.4 is 0 Å². The molecule has 17 heavy (non-hydrogen) atoms. The maximum Gasteiger partial charge on any atom is 0.422 e. The van der Waals surface area contributed by atoms with Gasteiger partial charge in [0.15, 0.2) is 6.10 Å². The lowest BCUT2D eigenvalue weighted by Gasteiger charge is -2.16. The molecule has 0 bridgehead atoms. The second kappa shape index (κ2) is 4.80. The highest BCUT2D eigenvalue weighted by Gasteiger charge is 2.42. The Balaban J connectivity index is 2.94. The lowest BCUT2D eigenvalue weighted by atomic mass is 10.2. The summed E-state index contributed by atoms with van der Waals surface area (Å²) in [6.07, 6.45) is -3.28. The molecular weight excluding hydrogens is 240 g/mol. The van der Waals surface area contributed by atoms with Gasteiger partial charge in [-0.3, -0.25) is 0 Å². The van der Waals surface area contributed by atoms with E-state index < -0.39 is 48.2 Å². The normalized spacial score (nSPS) is 21.1. The molecule has 1 heterocycles. The van der Waals surface area contributed by atoms with Gasteiger partial charge in [-0.25, -0.2) is 14.4 Å². The van der Waals surface area contributed by atoms with Crippen LogP contribution >= 0.6 is 0 Å². The van der Waals surface area contributed by atoms with Crippen LogP contribution in [-0.2, 0) is 23.9 Å². The maximum atomic E-state index is 10.9. The van der Waals surface area contributed by atoms with E-state index in [9.17, 15) is 19.5 Å². The summed E-state index contributed by atoms with van der Waals surface area (Å²) < 4.78 is 8.54. The van der Waals surface area contributed by atoms with Crippen molar-refractivity contribution in [3.8, 4) is 0 Å². The second-order valence-corrected chi connectivity index (χ2v) is 2.98. The van der Waals surface area contributed by atoms with Crippen molar-refractivity contribution < 1.29 is 44.3 Å². The highest BCUT2D eigenvalue weighted by atomic mass is 16.6. The van der Waals surface area contributed by atoms with Gasteiger partial charge in [0.05, 0.1) is 6.61 Å². The van der Waals surface area contributed by atoms with Crippen molar-refractivity contribution in [3.05, 3.63) is 11.5 Å². The van der Waals surface area contributed by atoms with Crippen molar-refractivity contribution in [2.75, 3.05) is 6.61 Å². The molecule has 0 aromatic rings. The Bertz CT molecular complexity index is 396. The summed E-state index contributed by atoms with van der Waals surface area (Å²) >= 11 is 0. The summed E-state index contributed by atoms with van der Waals surface area (Å²) in [5.74, 6) is -6.99. The average molecular weight is 248 g/mol. The van der Waals surface area contributed by atoms with Crippen LogP contribution in [0.1, 0.15) is 0 Å². The average Bonchev–Trinajstić information content (AvgIpc) is 2.56. The van der Waals surface area contributed by atoms with Crippen LogP contribution in [-0.4, -0.2) is 57.1 Å². The first kappa shape index (κ1) is 12.9. The molecule has 0 saturated carbocycles. The van der Waals surface area contributed by atoms with Crippen LogP contribution in [0.5, 0.6) is 0 Å². The number of hydrogen-bond donors (Lipinski definition) is 4. The number of aliphatic hydroxyl groups excluding tert-OH is 3. The van der Waals surface area contributed by atoms with Crippen LogP contribution in [0.4, 0.5) is 0 Å². The number of hydrogen-bond acceptors (Lipinski definition) is 8. The third-order valence-corrected chi connectivity index (χ3v) is 1.83. The van der Waals surface area contributed by atoms with E-state index in [-0.39, 0.29) is 0 Å². The summed E-state index contributed by atoms with van der Waals surface area (Å²) in [6, 6.07) is 0. The molecule has 94 valence electrons. The van der Waals surface area contributed by atoms with Gasteiger partial charge in [0.2, 0.25) is 11.5 Å². The molecule has 1 rings (SSSR count). The number of rotatable bonds is 3. The van der Waals surface area contributed by atoms with Crippen molar-refractivity contribution in [2.45, 2.75) is 12.2 Å². The number of carbonyl (C=O) groups excluding carboxylic acids is 2. The zero-order chi connectivity index (χ0) is 13.2. The fourth-order valence-electron chi connectivity index (χ4n) is 1.06. The summed E-state index contributed by atoms with van der Waals surface area (Å²) in [5, 5.41) is 35.2. The molecule has 0 amide bonds. The number of esters is 2. The van der Waals surface area contributed by atoms with Gasteiger partial charge in [-0.15, -0.1) is 0 Å². The van der Waals surface area contributed by atoms with Gasteiger partial charge in [0.25, 0.3) is 0 Å². The van der Waals surface area contributed by atoms with E-state index in [0.717, 1.165) is 0 Å². The molecule has 0 radical (unpaired) electrons. The predicted molar refractivity (Wildman–Crippen MR) is 46.4 cm³/mol. The van der Waals surface area contributed by atoms with Crippen molar-refractivity contribution in [2.24, 2.45) is 0 Å². The Morgan fingerprint density at radius 3 is 2.53 bits per heavy atom. The van der Waals surface area contributed by atoms with Gasteiger partial charge in [0, 0.05) is 0 Å². The molecular formula is C8H8O9. The Hall–Kier alpha value is -2.13. The molecule has 0 fully saturated rings. The highest BCUT2D eigenvalue weighted by molar-refractivity contribution is 6.29. The molecule has 0 aromatic heterocycles. The van der Waals surface area contributed by atoms with Crippen molar-refractivity contribution in [3.63, 3.8) is 0 Å². The maximum absolute atomic E-state index is 10.9. The van der Waals surface area contributed by atoms with Crippen molar-refractivity contribution in [1.29, 1.82) is 0 Å². The SMILES string of the molecule is O=C(O)C(=O)OC1=C(O)C(=O)O[C@@H]1[C@@H](O)CO. The smallest absolute Gasteiger partial charge is 0.422 e. The van der Waals surface area contributed by atoms with E-state index in [1.165, 1.54) is 0 Å². The van der Waals surface area contributed by atoms with Crippen LogP contribution in [0.2, 0.25) is 0 Å². The standard InChI is InChI=1S/C8H8O9/c9-1-2(10)4-5(3(11)7(14)16-4)17-8(15)6(12)13/h2,4,9-11H,1H2,(H,12,13)/t2-,4+/m0/s1. The number of ether oxygens (including phenoxy) is 2. The zero-order valence-electron chi connectivity index (χ0n) is 8.19. The number of aliphatic carboxylic acids is 1. The minimum absolute atomic E-state index is 0.844. The lowest BCUT2D eigenvalue weighted by molar-refractivity contribution is -0.163. The first-order chi connectivity index (χ1) is 7.88. The van der Waals surface area contributed by atoms with E-state index in [1.807, 2.05) is 0 Å². The van der Waals surface area contributed by atoms with Crippen LogP contribution in [0.25, 0.3) is 0 Å². The van der Waals surface area contributed by atoms with Gasteiger partial charge in [0.1, 0.15) is 6.10 Å². The fourth-order valence-corrected chi connectivity index (χ4v) is 1.06. The Labute approximate surface area is 93.5 Å². The fraction of sp³-hybridized carbons (Fsp3) is 0.375. The lowest BCUT2D eigenvalue weighted by Crippen LogP contribution is -2.33. The molecule has 0 aromatic carbocycles. The minimum Gasteiger partial charge on any atom is -0.499 e. The first-order valence-electron chi connectivity index (χ1n) is 4.26. The van der Waals surface area contributed by atoms with E-state index in [0.29, 0.717) is 0 Å². The molecule has 9 nitrogen and oxygen atoms in total. The number of carbonyl (C=O) groups is 3. The van der Waals surface area contributed by atoms with Crippen LogP contribution in [0.15, 0.2) is 11.5 Å². The van der Waals surface area contributed by atoms with E-state index in [2.05, 4.69) is 9.47 Å². The van der Waals surface area contributed by atoms with Crippen LogP contribution in [0.3, 0.4) is 0 Å². The van der Waals surface area contributed by atoms with Crippen molar-refractivity contribution in [1.82, 2.24) is 0 Å². The highest BCUT2D eigenvalue weighted by Crippen LogP contribution is 2.24. The van der Waals surface area contributed by atoms with Crippen molar-refractivity contribution >= 4 is 17.9 Å². The van der Waals surface area contributed by atoms with E-state index >= 15 is 0 Å². The molecule has 0 spiro atoms. The van der Waals surface area contributed by atoms with Gasteiger partial charge in [-0.05, 0) is 0 Å². The van der Waals surface area contributed by atoms with Gasteiger partial charge in [-0.1, -0.05) is 0 Å². The predicted octanol–water partition coefficient (Wildman–Crippen LogP) is -2.34. The molecule has 0 aliphatic carbocycles. The molecule has 0 unspecified atom stereocenters. The van der Waals surface area contributed by atoms with Crippen LogP contribution in [0, 0.1) is 0 Å².